The first-order chi connectivity index (χ1) is 13.3. The summed E-state index contributed by atoms with van der Waals surface area (Å²) in [5, 5.41) is 10.7. The molecule has 0 saturated carbocycles. The van der Waals surface area contributed by atoms with E-state index in [1.54, 1.807) is 30.5 Å². The molecule has 1 aliphatic rings. The largest absolute Gasteiger partial charge is 0.336 e. The van der Waals surface area contributed by atoms with E-state index < -0.39 is 0 Å². The number of thiophene rings is 1. The number of benzene rings is 1. The first-order valence-electron chi connectivity index (χ1n) is 9.05. The SMILES string of the molecule is CC(C)NC(=O)N(C)CC(=O)N1N=C(c2cccs2)CC1c1ccc(F)cc1. The molecule has 8 heteroatoms. The second kappa shape index (κ2) is 8.52. The monoisotopic (exact) mass is 402 g/mol. The van der Waals surface area contributed by atoms with E-state index >= 15 is 0 Å². The van der Waals surface area contributed by atoms with E-state index in [-0.39, 0.29) is 36.4 Å². The number of hydrogen-bond donors (Lipinski definition) is 1. The maximum absolute atomic E-state index is 13.3. The molecule has 28 heavy (non-hydrogen) atoms. The molecular weight excluding hydrogens is 379 g/mol. The number of nitrogens with one attached hydrogen (secondary N) is 1. The van der Waals surface area contributed by atoms with Gasteiger partial charge in [-0.2, -0.15) is 5.10 Å². The predicted octanol–water partition coefficient (Wildman–Crippen LogP) is 3.61. The molecule has 0 radical (unpaired) electrons. The quantitative estimate of drug-likeness (QED) is 0.830. The Bertz CT molecular complexity index is 865. The van der Waals surface area contributed by atoms with Gasteiger partial charge in [0.05, 0.1) is 16.6 Å². The number of likely N-dealkylation sites (N-methyl/N-ethyl adjacent to an activating group) is 1. The van der Waals surface area contributed by atoms with Crippen LogP contribution in [0.15, 0.2) is 46.9 Å². The molecule has 3 rings (SSSR count). The van der Waals surface area contributed by atoms with Gasteiger partial charge in [0.1, 0.15) is 12.4 Å². The molecule has 1 aromatic carbocycles. The summed E-state index contributed by atoms with van der Waals surface area (Å²) in [7, 11) is 1.57. The highest BCUT2D eigenvalue weighted by Crippen LogP contribution is 2.33. The minimum Gasteiger partial charge on any atom is -0.336 e. The van der Waals surface area contributed by atoms with Crippen molar-refractivity contribution in [2.75, 3.05) is 13.6 Å². The van der Waals surface area contributed by atoms with Gasteiger partial charge in [-0.15, -0.1) is 11.3 Å². The number of hydrazone groups is 1. The maximum atomic E-state index is 13.3. The molecular formula is C20H23FN4O2S. The number of nitrogens with zero attached hydrogens (tertiary/aromatic N) is 3. The molecule has 3 amide bonds. The Labute approximate surface area is 167 Å². The van der Waals surface area contributed by atoms with Gasteiger partial charge < -0.3 is 10.2 Å². The van der Waals surface area contributed by atoms with Gasteiger partial charge in [0.25, 0.3) is 5.91 Å². The molecule has 0 fully saturated rings. The molecule has 0 saturated heterocycles. The van der Waals surface area contributed by atoms with E-state index in [0.717, 1.165) is 16.2 Å². The van der Waals surface area contributed by atoms with E-state index in [1.165, 1.54) is 22.0 Å². The zero-order chi connectivity index (χ0) is 20.3. The fourth-order valence-electron chi connectivity index (χ4n) is 2.98. The lowest BCUT2D eigenvalue weighted by molar-refractivity contribution is -0.133. The molecule has 148 valence electrons. The third-order valence-electron chi connectivity index (χ3n) is 4.36. The van der Waals surface area contributed by atoms with Crippen molar-refractivity contribution in [3.8, 4) is 0 Å². The second-order valence-electron chi connectivity index (χ2n) is 6.99. The topological polar surface area (TPSA) is 65.0 Å². The molecule has 2 heterocycles. The van der Waals surface area contributed by atoms with Crippen LogP contribution in [-0.4, -0.2) is 47.2 Å². The van der Waals surface area contributed by atoms with Gasteiger partial charge >= 0.3 is 6.03 Å². The number of carbonyl (C=O) groups excluding carboxylic acids is 2. The van der Waals surface area contributed by atoms with Crippen LogP contribution in [0.5, 0.6) is 0 Å². The summed E-state index contributed by atoms with van der Waals surface area (Å²) in [6, 6.07) is 9.32. The lowest BCUT2D eigenvalue weighted by atomic mass is 10.0. The van der Waals surface area contributed by atoms with Crippen molar-refractivity contribution >= 4 is 29.0 Å². The molecule has 0 aliphatic carbocycles. The smallest absolute Gasteiger partial charge is 0.317 e. The highest BCUT2D eigenvalue weighted by molar-refractivity contribution is 7.12. The lowest BCUT2D eigenvalue weighted by Gasteiger charge is -2.25. The molecule has 1 atom stereocenters. The van der Waals surface area contributed by atoms with E-state index in [0.29, 0.717) is 6.42 Å². The van der Waals surface area contributed by atoms with Crippen LogP contribution >= 0.6 is 11.3 Å². The minimum atomic E-state index is -0.330. The lowest BCUT2D eigenvalue weighted by Crippen LogP contribution is -2.45. The van der Waals surface area contributed by atoms with Crippen LogP contribution in [0.4, 0.5) is 9.18 Å². The van der Waals surface area contributed by atoms with Crippen LogP contribution in [0.2, 0.25) is 0 Å². The van der Waals surface area contributed by atoms with Crippen molar-refractivity contribution in [2.45, 2.75) is 32.4 Å². The van der Waals surface area contributed by atoms with Crippen molar-refractivity contribution in [3.05, 3.63) is 58.0 Å². The highest BCUT2D eigenvalue weighted by atomic mass is 32.1. The van der Waals surface area contributed by atoms with E-state index in [9.17, 15) is 14.0 Å². The number of carbonyl (C=O) groups is 2. The molecule has 1 aromatic heterocycles. The van der Waals surface area contributed by atoms with E-state index in [1.807, 2.05) is 31.4 Å². The summed E-state index contributed by atoms with van der Waals surface area (Å²) in [4.78, 5) is 27.4. The van der Waals surface area contributed by atoms with E-state index in [2.05, 4.69) is 10.4 Å². The van der Waals surface area contributed by atoms with Gasteiger partial charge in [-0.1, -0.05) is 18.2 Å². The number of halogens is 1. The molecule has 1 aliphatic heterocycles. The van der Waals surface area contributed by atoms with Gasteiger partial charge in [0.2, 0.25) is 0 Å². The summed E-state index contributed by atoms with van der Waals surface area (Å²) in [5.41, 5.74) is 1.62. The number of hydrogen-bond acceptors (Lipinski definition) is 4. The average molecular weight is 402 g/mol. The molecule has 2 aromatic rings. The summed E-state index contributed by atoms with van der Waals surface area (Å²) in [6.45, 7) is 3.61. The predicted molar refractivity (Wildman–Crippen MR) is 108 cm³/mol. The van der Waals surface area contributed by atoms with Gasteiger partial charge in [-0.05, 0) is 43.0 Å². The van der Waals surface area contributed by atoms with Gasteiger partial charge in [0.15, 0.2) is 0 Å². The number of urea groups is 1. The highest BCUT2D eigenvalue weighted by Gasteiger charge is 2.34. The van der Waals surface area contributed by atoms with Crippen molar-refractivity contribution in [2.24, 2.45) is 5.10 Å². The first kappa shape index (κ1) is 20.0. The Kier molecular flexibility index (Phi) is 6.08. The van der Waals surface area contributed by atoms with Gasteiger partial charge in [0, 0.05) is 19.5 Å². The van der Waals surface area contributed by atoms with Gasteiger partial charge in [-0.25, -0.2) is 14.2 Å². The van der Waals surface area contributed by atoms with Crippen LogP contribution < -0.4 is 5.32 Å². The maximum Gasteiger partial charge on any atom is 0.317 e. The zero-order valence-corrected chi connectivity index (χ0v) is 16.9. The van der Waals surface area contributed by atoms with Crippen molar-refractivity contribution in [1.82, 2.24) is 15.2 Å². The van der Waals surface area contributed by atoms with E-state index in [4.69, 9.17) is 0 Å². The minimum absolute atomic E-state index is 0.0211. The normalized spacial score (nSPS) is 16.2. The fraction of sp³-hybridized carbons (Fsp3) is 0.350. The molecule has 1 unspecified atom stereocenters. The fourth-order valence-corrected chi connectivity index (χ4v) is 3.70. The van der Waals surface area contributed by atoms with Crippen LogP contribution in [0.3, 0.4) is 0 Å². The first-order valence-corrected chi connectivity index (χ1v) is 9.93. The Morgan fingerprint density at radius 3 is 2.64 bits per heavy atom. The van der Waals surface area contributed by atoms with Crippen LogP contribution in [0.25, 0.3) is 0 Å². The van der Waals surface area contributed by atoms with Crippen LogP contribution in [0, 0.1) is 5.82 Å². The third kappa shape index (κ3) is 4.56. The Morgan fingerprint density at radius 2 is 2.04 bits per heavy atom. The molecule has 0 bridgehead atoms. The Hall–Kier alpha value is -2.74. The summed E-state index contributed by atoms with van der Waals surface area (Å²) in [5.74, 6) is -0.619. The Morgan fingerprint density at radius 1 is 1.32 bits per heavy atom. The summed E-state index contributed by atoms with van der Waals surface area (Å²) < 4.78 is 13.3. The molecule has 1 N–H and O–H groups in total. The molecule has 0 spiro atoms. The Balaban J connectivity index is 1.81. The number of amides is 3. The standard InChI is InChI=1S/C20H23FN4O2S/c1-13(2)22-20(27)24(3)12-19(26)25-17(14-6-8-15(21)9-7-14)11-16(23-25)18-5-4-10-28-18/h4-10,13,17H,11-12H2,1-3H3,(H,22,27). The second-order valence-corrected chi connectivity index (χ2v) is 7.94. The molecule has 6 nitrogen and oxygen atoms in total. The van der Waals surface area contributed by atoms with Crippen molar-refractivity contribution < 1.29 is 14.0 Å². The van der Waals surface area contributed by atoms with Gasteiger partial charge in [-0.3, -0.25) is 4.79 Å². The number of rotatable bonds is 5. The zero-order valence-electron chi connectivity index (χ0n) is 16.1. The van der Waals surface area contributed by atoms with Crippen LogP contribution in [-0.2, 0) is 4.79 Å². The van der Waals surface area contributed by atoms with Crippen molar-refractivity contribution in [1.29, 1.82) is 0 Å². The summed E-state index contributed by atoms with van der Waals surface area (Å²) in [6.07, 6.45) is 0.541. The van der Waals surface area contributed by atoms with Crippen LogP contribution in [0.1, 0.15) is 36.8 Å². The average Bonchev–Trinajstić information content (AvgIpc) is 3.31. The third-order valence-corrected chi connectivity index (χ3v) is 5.28. The summed E-state index contributed by atoms with van der Waals surface area (Å²) >= 11 is 1.56. The van der Waals surface area contributed by atoms with Crippen molar-refractivity contribution in [3.63, 3.8) is 0 Å².